The first-order chi connectivity index (χ1) is 11.8. The molecule has 0 aliphatic carbocycles. The molecule has 24 heavy (non-hydrogen) atoms. The van der Waals surface area contributed by atoms with Crippen molar-refractivity contribution in [1.29, 1.82) is 0 Å². The predicted molar refractivity (Wildman–Crippen MR) is 90.4 cm³/mol. The van der Waals surface area contributed by atoms with E-state index in [0.717, 1.165) is 11.1 Å². The maximum Gasteiger partial charge on any atom is 0.234 e. The van der Waals surface area contributed by atoms with Crippen LogP contribution in [0, 0.1) is 0 Å². The minimum atomic E-state index is -0.260. The van der Waals surface area contributed by atoms with Gasteiger partial charge < -0.3 is 4.90 Å². The molecule has 1 aromatic heterocycles. The van der Waals surface area contributed by atoms with E-state index in [1.54, 1.807) is 6.20 Å². The Kier molecular flexibility index (Phi) is 3.83. The fourth-order valence-electron chi connectivity index (χ4n) is 3.17. The molecule has 0 atom stereocenters. The minimum Gasteiger partial charge on any atom is -0.337 e. The Balaban J connectivity index is 1.57. The molecule has 120 valence electrons. The molecule has 0 unspecified atom stereocenters. The van der Waals surface area contributed by atoms with Gasteiger partial charge in [0, 0.05) is 19.3 Å². The summed E-state index contributed by atoms with van der Waals surface area (Å²) in [6, 6.07) is 20.2. The molecule has 4 rings (SSSR count). The van der Waals surface area contributed by atoms with Crippen LogP contribution in [0.25, 0.3) is 0 Å². The molecule has 0 spiro atoms. The minimum absolute atomic E-state index is 0.142. The van der Waals surface area contributed by atoms with Gasteiger partial charge in [-0.25, -0.2) is 4.68 Å². The molecule has 1 saturated heterocycles. The molecular formula is C19H18N4O. The Hall–Kier alpha value is -2.95. The smallest absolute Gasteiger partial charge is 0.234 e. The van der Waals surface area contributed by atoms with Gasteiger partial charge in [0.15, 0.2) is 0 Å². The Bertz CT molecular complexity index is 756. The maximum atomic E-state index is 13.1. The zero-order chi connectivity index (χ0) is 16.4. The molecule has 0 radical (unpaired) electrons. The first-order valence-electron chi connectivity index (χ1n) is 8.07. The summed E-state index contributed by atoms with van der Waals surface area (Å²) in [7, 11) is 0. The van der Waals surface area contributed by atoms with Crippen LogP contribution in [0.3, 0.4) is 0 Å². The summed E-state index contributed by atoms with van der Waals surface area (Å²) in [6.07, 6.45) is 3.51. The van der Waals surface area contributed by atoms with Crippen molar-refractivity contribution in [3.63, 3.8) is 0 Å². The molecule has 1 aliphatic heterocycles. The van der Waals surface area contributed by atoms with Crippen molar-refractivity contribution in [2.75, 3.05) is 13.1 Å². The lowest BCUT2D eigenvalue weighted by Crippen LogP contribution is -2.52. The maximum absolute atomic E-state index is 13.1. The number of benzene rings is 2. The van der Waals surface area contributed by atoms with Gasteiger partial charge in [0.25, 0.3) is 0 Å². The summed E-state index contributed by atoms with van der Waals surface area (Å²) in [4.78, 5) is 15.0. The highest BCUT2D eigenvalue weighted by Gasteiger charge is 2.36. The second-order valence-electron chi connectivity index (χ2n) is 6.03. The molecule has 2 heterocycles. The molecule has 3 aromatic rings. The number of likely N-dealkylation sites (tertiary alicyclic amines) is 1. The van der Waals surface area contributed by atoms with E-state index in [1.807, 2.05) is 76.4 Å². The quantitative estimate of drug-likeness (QED) is 0.742. The standard InChI is InChI=1S/C19H18N4O/c24-19(22-13-17(14-22)23-12-11-20-21-23)18(15-7-3-1-4-8-15)16-9-5-2-6-10-16/h1-12,17-18H,13-14H2. The molecule has 0 saturated carbocycles. The number of amides is 1. The Labute approximate surface area is 140 Å². The SMILES string of the molecule is O=C(C(c1ccccc1)c1ccccc1)N1CC(n2ccnn2)C1. The van der Waals surface area contributed by atoms with Gasteiger partial charge in [-0.15, -0.1) is 5.10 Å². The van der Waals surface area contributed by atoms with Crippen LogP contribution in [0.2, 0.25) is 0 Å². The van der Waals surface area contributed by atoms with Crippen molar-refractivity contribution in [2.45, 2.75) is 12.0 Å². The Morgan fingerprint density at radius 1 is 0.958 bits per heavy atom. The van der Waals surface area contributed by atoms with Gasteiger partial charge in [0.2, 0.25) is 5.91 Å². The number of aromatic nitrogens is 3. The van der Waals surface area contributed by atoms with Crippen LogP contribution in [0.5, 0.6) is 0 Å². The lowest BCUT2D eigenvalue weighted by Gasteiger charge is -2.40. The molecule has 1 fully saturated rings. The van der Waals surface area contributed by atoms with Gasteiger partial charge in [-0.1, -0.05) is 65.9 Å². The van der Waals surface area contributed by atoms with E-state index in [-0.39, 0.29) is 17.9 Å². The van der Waals surface area contributed by atoms with Crippen molar-refractivity contribution in [3.8, 4) is 0 Å². The second-order valence-corrected chi connectivity index (χ2v) is 6.03. The van der Waals surface area contributed by atoms with Crippen molar-refractivity contribution < 1.29 is 4.79 Å². The summed E-state index contributed by atoms with van der Waals surface area (Å²) in [6.45, 7) is 1.36. The summed E-state index contributed by atoms with van der Waals surface area (Å²) in [5.41, 5.74) is 2.05. The highest BCUT2D eigenvalue weighted by atomic mass is 16.2. The van der Waals surface area contributed by atoms with Crippen LogP contribution in [0.15, 0.2) is 73.1 Å². The van der Waals surface area contributed by atoms with Crippen molar-refractivity contribution in [3.05, 3.63) is 84.2 Å². The summed E-state index contributed by atoms with van der Waals surface area (Å²) in [5, 5.41) is 7.86. The van der Waals surface area contributed by atoms with Crippen LogP contribution in [0.1, 0.15) is 23.1 Å². The normalized spacial score (nSPS) is 14.6. The zero-order valence-electron chi connectivity index (χ0n) is 13.2. The number of hydrogen-bond donors (Lipinski definition) is 0. The lowest BCUT2D eigenvalue weighted by atomic mass is 9.89. The van der Waals surface area contributed by atoms with Gasteiger partial charge >= 0.3 is 0 Å². The highest BCUT2D eigenvalue weighted by Crippen LogP contribution is 2.30. The molecule has 1 aliphatic rings. The zero-order valence-corrected chi connectivity index (χ0v) is 13.2. The topological polar surface area (TPSA) is 51.0 Å². The lowest BCUT2D eigenvalue weighted by molar-refractivity contribution is -0.137. The van der Waals surface area contributed by atoms with Gasteiger partial charge in [0.05, 0.1) is 18.2 Å². The number of carbonyl (C=O) groups is 1. The van der Waals surface area contributed by atoms with Gasteiger partial charge in [-0.05, 0) is 11.1 Å². The highest BCUT2D eigenvalue weighted by molar-refractivity contribution is 5.87. The number of hydrogen-bond acceptors (Lipinski definition) is 3. The first kappa shape index (κ1) is 14.6. The third-order valence-corrected chi connectivity index (χ3v) is 4.50. The number of nitrogens with zero attached hydrogens (tertiary/aromatic N) is 4. The fraction of sp³-hybridized carbons (Fsp3) is 0.211. The van der Waals surface area contributed by atoms with E-state index in [4.69, 9.17) is 0 Å². The van der Waals surface area contributed by atoms with Crippen molar-refractivity contribution in [2.24, 2.45) is 0 Å². The summed E-state index contributed by atoms with van der Waals surface area (Å²) < 4.78 is 1.82. The van der Waals surface area contributed by atoms with Gasteiger partial charge in [-0.2, -0.15) is 0 Å². The molecule has 2 aromatic carbocycles. The Morgan fingerprint density at radius 3 is 2.04 bits per heavy atom. The molecule has 5 heteroatoms. The molecule has 0 N–H and O–H groups in total. The number of rotatable bonds is 4. The first-order valence-corrected chi connectivity index (χ1v) is 8.07. The van der Waals surface area contributed by atoms with Crippen LogP contribution in [-0.4, -0.2) is 38.9 Å². The average molecular weight is 318 g/mol. The largest absolute Gasteiger partial charge is 0.337 e. The van der Waals surface area contributed by atoms with E-state index in [2.05, 4.69) is 10.3 Å². The van der Waals surface area contributed by atoms with Crippen molar-refractivity contribution in [1.82, 2.24) is 19.9 Å². The van der Waals surface area contributed by atoms with Crippen LogP contribution in [0.4, 0.5) is 0 Å². The summed E-state index contributed by atoms with van der Waals surface area (Å²) in [5.74, 6) is -0.118. The van der Waals surface area contributed by atoms with E-state index in [0.29, 0.717) is 13.1 Å². The fourth-order valence-corrected chi connectivity index (χ4v) is 3.17. The van der Waals surface area contributed by atoms with Crippen molar-refractivity contribution >= 4 is 5.91 Å². The summed E-state index contributed by atoms with van der Waals surface area (Å²) >= 11 is 0. The van der Waals surface area contributed by atoms with Gasteiger partial charge in [0.1, 0.15) is 0 Å². The Morgan fingerprint density at radius 2 is 1.54 bits per heavy atom. The van der Waals surface area contributed by atoms with E-state index in [1.165, 1.54) is 0 Å². The average Bonchev–Trinajstić information content (AvgIpc) is 3.10. The van der Waals surface area contributed by atoms with E-state index >= 15 is 0 Å². The third-order valence-electron chi connectivity index (χ3n) is 4.50. The van der Waals surface area contributed by atoms with E-state index < -0.39 is 0 Å². The molecule has 5 nitrogen and oxygen atoms in total. The molecule has 1 amide bonds. The molecule has 0 bridgehead atoms. The van der Waals surface area contributed by atoms with Crippen LogP contribution in [-0.2, 0) is 4.79 Å². The van der Waals surface area contributed by atoms with Crippen LogP contribution >= 0.6 is 0 Å². The van der Waals surface area contributed by atoms with Gasteiger partial charge in [-0.3, -0.25) is 4.79 Å². The number of carbonyl (C=O) groups excluding carboxylic acids is 1. The monoisotopic (exact) mass is 318 g/mol. The third kappa shape index (κ3) is 2.69. The van der Waals surface area contributed by atoms with E-state index in [9.17, 15) is 4.79 Å². The second kappa shape index (κ2) is 6.28. The predicted octanol–water partition coefficient (Wildman–Crippen LogP) is 2.49. The molecular weight excluding hydrogens is 300 g/mol. The van der Waals surface area contributed by atoms with Crippen LogP contribution < -0.4 is 0 Å².